The monoisotopic (exact) mass is 144 g/mol. The third-order valence-electron chi connectivity index (χ3n) is 0.410. The molecule has 0 aliphatic carbocycles. The van der Waals surface area contributed by atoms with E-state index in [9.17, 15) is 8.42 Å². The van der Waals surface area contributed by atoms with Crippen molar-refractivity contribution in [2.24, 2.45) is 0 Å². The molecule has 0 bridgehead atoms. The Morgan fingerprint density at radius 1 is 1.71 bits per heavy atom. The van der Waals surface area contributed by atoms with Crippen molar-refractivity contribution in [3.63, 3.8) is 0 Å². The van der Waals surface area contributed by atoms with Gasteiger partial charge in [0.05, 0.1) is 0 Å². The van der Waals surface area contributed by atoms with Crippen LogP contribution in [0.2, 0.25) is 0 Å². The van der Waals surface area contributed by atoms with Crippen LogP contribution in [0.25, 0.3) is 0 Å². The SMILES string of the molecule is C[C@H](Cl)S(=O)(=O)O. The Kier molecular flexibility index (Phi) is 2.04. The highest BCUT2D eigenvalue weighted by molar-refractivity contribution is 7.87. The lowest BCUT2D eigenvalue weighted by Crippen LogP contribution is -2.08. The van der Waals surface area contributed by atoms with Gasteiger partial charge in [-0.25, -0.2) is 0 Å². The van der Waals surface area contributed by atoms with E-state index in [4.69, 9.17) is 16.2 Å². The molecule has 1 N–H and O–H groups in total. The second-order valence-electron chi connectivity index (χ2n) is 1.06. The maximum absolute atomic E-state index is 9.75. The molecule has 0 fully saturated rings. The number of alkyl halides is 1. The predicted octanol–water partition coefficient (Wildman–Crippen LogP) is 0.459. The van der Waals surface area contributed by atoms with Gasteiger partial charge in [-0.2, -0.15) is 8.42 Å². The molecule has 0 rings (SSSR count). The van der Waals surface area contributed by atoms with E-state index < -0.39 is 14.8 Å². The Labute approximate surface area is 47.0 Å². The van der Waals surface area contributed by atoms with Crippen molar-refractivity contribution in [3.05, 3.63) is 0 Å². The minimum Gasteiger partial charge on any atom is -0.284 e. The van der Waals surface area contributed by atoms with E-state index in [1.165, 1.54) is 6.92 Å². The quantitative estimate of drug-likeness (QED) is 0.430. The fraction of sp³-hybridized carbons (Fsp3) is 1.00. The molecule has 7 heavy (non-hydrogen) atoms. The zero-order chi connectivity index (χ0) is 6.08. The van der Waals surface area contributed by atoms with Crippen LogP contribution in [0.1, 0.15) is 6.92 Å². The molecule has 44 valence electrons. The lowest BCUT2D eigenvalue weighted by atomic mass is 11.0. The van der Waals surface area contributed by atoms with Gasteiger partial charge in [-0.1, -0.05) is 0 Å². The van der Waals surface area contributed by atoms with E-state index >= 15 is 0 Å². The third kappa shape index (κ3) is 2.85. The Balaban J connectivity index is 4.10. The van der Waals surface area contributed by atoms with Gasteiger partial charge in [-0.05, 0) is 6.92 Å². The summed E-state index contributed by atoms with van der Waals surface area (Å²) in [5, 5.41) is 0. The first-order chi connectivity index (χ1) is 2.94. The van der Waals surface area contributed by atoms with Crippen molar-refractivity contribution in [1.82, 2.24) is 0 Å². The Morgan fingerprint density at radius 2 is 1.86 bits per heavy atom. The van der Waals surface area contributed by atoms with E-state index in [1.807, 2.05) is 0 Å². The van der Waals surface area contributed by atoms with Crippen LogP contribution >= 0.6 is 11.6 Å². The Morgan fingerprint density at radius 3 is 1.86 bits per heavy atom. The summed E-state index contributed by atoms with van der Waals surface area (Å²) in [6.07, 6.45) is 0. The fourth-order valence-electron chi connectivity index (χ4n) is 0. The van der Waals surface area contributed by atoms with E-state index in [1.54, 1.807) is 0 Å². The molecule has 0 aliphatic rings. The number of hydrogen-bond acceptors (Lipinski definition) is 2. The lowest BCUT2D eigenvalue weighted by Gasteiger charge is -1.92. The van der Waals surface area contributed by atoms with Crippen LogP contribution in [0.4, 0.5) is 0 Å². The third-order valence-corrected chi connectivity index (χ3v) is 1.91. The minimum atomic E-state index is -3.98. The van der Waals surface area contributed by atoms with E-state index in [0.717, 1.165) is 0 Å². The number of hydrogen-bond donors (Lipinski definition) is 1. The van der Waals surface area contributed by atoms with Gasteiger partial charge in [-0.3, -0.25) is 4.55 Å². The molecule has 5 heteroatoms. The molecule has 0 unspecified atom stereocenters. The standard InChI is InChI=1S/C2H5ClO3S/c1-2(3)7(4,5)6/h2H,1H3,(H,4,5,6)/t2-/m1/s1. The minimum absolute atomic E-state index is 1.18. The molecule has 0 amide bonds. The average Bonchev–Trinajstić information content (AvgIpc) is 1.31. The zero-order valence-corrected chi connectivity index (χ0v) is 5.20. The highest BCUT2D eigenvalue weighted by Gasteiger charge is 2.11. The smallest absolute Gasteiger partial charge is 0.281 e. The van der Waals surface area contributed by atoms with Crippen LogP contribution in [-0.4, -0.2) is 17.7 Å². The van der Waals surface area contributed by atoms with Crippen LogP contribution < -0.4 is 0 Å². The summed E-state index contributed by atoms with van der Waals surface area (Å²) in [5.41, 5.74) is 0. The van der Waals surface area contributed by atoms with Gasteiger partial charge in [0.2, 0.25) is 0 Å². The van der Waals surface area contributed by atoms with Crippen molar-refractivity contribution in [2.75, 3.05) is 0 Å². The molecule has 0 aromatic carbocycles. The van der Waals surface area contributed by atoms with Gasteiger partial charge in [0, 0.05) is 0 Å². The normalized spacial score (nSPS) is 16.4. The number of rotatable bonds is 1. The predicted molar refractivity (Wildman–Crippen MR) is 26.9 cm³/mol. The maximum Gasteiger partial charge on any atom is 0.281 e. The summed E-state index contributed by atoms with van der Waals surface area (Å²) in [7, 11) is -3.98. The second kappa shape index (κ2) is 1.98. The largest absolute Gasteiger partial charge is 0.284 e. The van der Waals surface area contributed by atoms with Crippen LogP contribution in [0, 0.1) is 0 Å². The summed E-state index contributed by atoms with van der Waals surface area (Å²) in [6.45, 7) is 1.18. The van der Waals surface area contributed by atoms with Crippen molar-refractivity contribution in [3.8, 4) is 0 Å². The van der Waals surface area contributed by atoms with Crippen molar-refractivity contribution in [2.45, 2.75) is 11.6 Å². The fourth-order valence-corrected chi connectivity index (χ4v) is 0. The molecule has 0 aliphatic heterocycles. The first-order valence-electron chi connectivity index (χ1n) is 1.55. The highest BCUT2D eigenvalue weighted by atomic mass is 35.5. The Hall–Kier alpha value is 0.200. The molecule has 1 atom stereocenters. The van der Waals surface area contributed by atoms with Gasteiger partial charge in [0.25, 0.3) is 10.1 Å². The molecule has 3 nitrogen and oxygen atoms in total. The number of halogens is 1. The average molecular weight is 145 g/mol. The molecular formula is C2H5ClO3S. The molecule has 0 saturated heterocycles. The first kappa shape index (κ1) is 7.20. The molecule has 0 saturated carbocycles. The van der Waals surface area contributed by atoms with Gasteiger partial charge in [-0.15, -0.1) is 11.6 Å². The second-order valence-corrected chi connectivity index (χ2v) is 3.71. The van der Waals surface area contributed by atoms with Crippen LogP contribution in [0.3, 0.4) is 0 Å². The van der Waals surface area contributed by atoms with E-state index in [2.05, 4.69) is 0 Å². The van der Waals surface area contributed by atoms with Crippen molar-refractivity contribution in [1.29, 1.82) is 0 Å². The molecule has 0 aromatic heterocycles. The van der Waals surface area contributed by atoms with Gasteiger partial charge < -0.3 is 0 Å². The summed E-state index contributed by atoms with van der Waals surface area (Å²) in [5.74, 6) is 0. The summed E-state index contributed by atoms with van der Waals surface area (Å²) >= 11 is 4.92. The first-order valence-corrected chi connectivity index (χ1v) is 3.49. The van der Waals surface area contributed by atoms with Crippen LogP contribution in [0.5, 0.6) is 0 Å². The molecule has 0 spiro atoms. The lowest BCUT2D eigenvalue weighted by molar-refractivity contribution is 0.481. The summed E-state index contributed by atoms with van der Waals surface area (Å²) in [4.78, 5) is 0. The topological polar surface area (TPSA) is 54.4 Å². The van der Waals surface area contributed by atoms with Crippen molar-refractivity contribution < 1.29 is 13.0 Å². The summed E-state index contributed by atoms with van der Waals surface area (Å²) < 4.78 is 26.2. The summed E-state index contributed by atoms with van der Waals surface area (Å²) in [6, 6.07) is 0. The van der Waals surface area contributed by atoms with Crippen LogP contribution in [0.15, 0.2) is 0 Å². The molecule has 0 heterocycles. The van der Waals surface area contributed by atoms with E-state index in [-0.39, 0.29) is 0 Å². The van der Waals surface area contributed by atoms with Gasteiger partial charge in [0.1, 0.15) is 0 Å². The van der Waals surface area contributed by atoms with Crippen LogP contribution in [-0.2, 0) is 10.1 Å². The molecule has 0 aromatic rings. The Bertz CT molecular complexity index is 135. The van der Waals surface area contributed by atoms with E-state index in [0.29, 0.717) is 0 Å². The highest BCUT2D eigenvalue weighted by Crippen LogP contribution is 1.99. The maximum atomic E-state index is 9.75. The molecule has 0 radical (unpaired) electrons. The van der Waals surface area contributed by atoms with Gasteiger partial charge >= 0.3 is 0 Å². The molecular weight excluding hydrogens is 140 g/mol. The van der Waals surface area contributed by atoms with Gasteiger partial charge in [0.15, 0.2) is 4.71 Å². The van der Waals surface area contributed by atoms with Crippen molar-refractivity contribution >= 4 is 21.7 Å². The zero-order valence-electron chi connectivity index (χ0n) is 3.63.